The van der Waals surface area contributed by atoms with Crippen LogP contribution in [0.4, 0.5) is 0 Å². The number of hydrogen-bond donors (Lipinski definition) is 0. The van der Waals surface area contributed by atoms with E-state index in [9.17, 15) is 4.79 Å². The molecule has 0 saturated heterocycles. The topological polar surface area (TPSA) is 42.4 Å². The van der Waals surface area contributed by atoms with Crippen LogP contribution in [0.5, 0.6) is 5.75 Å². The van der Waals surface area contributed by atoms with Gasteiger partial charge in [0.25, 0.3) is 0 Å². The van der Waals surface area contributed by atoms with Crippen LogP contribution in [-0.2, 0) is 24.3 Å². The van der Waals surface area contributed by atoms with Gasteiger partial charge in [-0.25, -0.2) is 0 Å². The van der Waals surface area contributed by atoms with Crippen LogP contribution in [0.1, 0.15) is 22.4 Å². The smallest absolute Gasteiger partial charge is 0.247 e. The maximum Gasteiger partial charge on any atom is 0.247 e. The van der Waals surface area contributed by atoms with Crippen LogP contribution in [-0.4, -0.2) is 22.4 Å². The molecule has 0 bridgehead atoms. The Kier molecular flexibility index (Phi) is 6.36. The number of benzene rings is 2. The molecule has 0 unspecified atom stereocenters. The fourth-order valence-corrected chi connectivity index (χ4v) is 3.66. The van der Waals surface area contributed by atoms with Gasteiger partial charge in [0.2, 0.25) is 5.91 Å². The number of carbonyl (C=O) groups is 1. The van der Waals surface area contributed by atoms with Crippen molar-refractivity contribution in [3.05, 3.63) is 99.3 Å². The highest BCUT2D eigenvalue weighted by Crippen LogP contribution is 2.26. The van der Waals surface area contributed by atoms with Gasteiger partial charge in [-0.05, 0) is 59.2 Å². The lowest BCUT2D eigenvalue weighted by Crippen LogP contribution is -2.28. The van der Waals surface area contributed by atoms with Gasteiger partial charge >= 0.3 is 0 Å². The molecule has 0 radical (unpaired) electrons. The quantitative estimate of drug-likeness (QED) is 0.472. The molecule has 0 saturated carbocycles. The Bertz CT molecular complexity index is 1080. The number of rotatable bonds is 6. The summed E-state index contributed by atoms with van der Waals surface area (Å²) in [6.07, 6.45) is 6.05. The Morgan fingerprint density at radius 3 is 2.77 bits per heavy atom. The van der Waals surface area contributed by atoms with Crippen molar-refractivity contribution in [3.8, 4) is 5.75 Å². The molecule has 1 aromatic heterocycles. The predicted octanol–water partition coefficient (Wildman–Crippen LogP) is 5.57. The molecule has 0 spiro atoms. The van der Waals surface area contributed by atoms with E-state index in [1.807, 2.05) is 42.5 Å². The number of fused-ring (bicyclic) bond motifs is 1. The van der Waals surface area contributed by atoms with Crippen molar-refractivity contribution >= 4 is 35.2 Å². The van der Waals surface area contributed by atoms with Crippen molar-refractivity contribution in [3.63, 3.8) is 0 Å². The van der Waals surface area contributed by atoms with Gasteiger partial charge in [0.05, 0.1) is 28.9 Å². The van der Waals surface area contributed by atoms with Crippen LogP contribution < -0.4 is 4.74 Å². The molecule has 0 fully saturated rings. The lowest BCUT2D eigenvalue weighted by molar-refractivity contribution is -0.127. The van der Waals surface area contributed by atoms with E-state index in [0.29, 0.717) is 29.7 Å². The fourth-order valence-electron chi connectivity index (χ4n) is 3.34. The molecule has 152 valence electrons. The molecular formula is C24H20Cl2N2O2. The van der Waals surface area contributed by atoms with Gasteiger partial charge < -0.3 is 9.64 Å². The largest absolute Gasteiger partial charge is 0.493 e. The van der Waals surface area contributed by atoms with E-state index in [0.717, 1.165) is 29.0 Å². The molecule has 1 amide bonds. The second kappa shape index (κ2) is 9.33. The molecule has 1 aliphatic rings. The van der Waals surface area contributed by atoms with Gasteiger partial charge in [0.15, 0.2) is 0 Å². The van der Waals surface area contributed by atoms with Crippen LogP contribution in [0.3, 0.4) is 0 Å². The number of nitrogens with zero attached hydrogens (tertiary/aromatic N) is 2. The number of carbonyl (C=O) groups excluding carboxylic acids is 1. The second-order valence-electron chi connectivity index (χ2n) is 7.06. The summed E-state index contributed by atoms with van der Waals surface area (Å²) in [5.74, 6) is 0.818. The summed E-state index contributed by atoms with van der Waals surface area (Å²) in [5.41, 5.74) is 3.86. The SMILES string of the molecule is O=C(C=Cc1ccc2c(c1)CCO2)N(Cc1ccc(Cl)c(Cl)c1)Cc1ccccn1. The van der Waals surface area contributed by atoms with Crippen molar-refractivity contribution in [2.75, 3.05) is 6.61 Å². The third-order valence-electron chi connectivity index (χ3n) is 4.88. The zero-order chi connectivity index (χ0) is 20.9. The molecule has 0 aliphatic carbocycles. The monoisotopic (exact) mass is 438 g/mol. The van der Waals surface area contributed by atoms with Crippen molar-refractivity contribution < 1.29 is 9.53 Å². The first-order valence-electron chi connectivity index (χ1n) is 9.65. The van der Waals surface area contributed by atoms with Crippen molar-refractivity contribution in [2.24, 2.45) is 0 Å². The standard InChI is InChI=1S/C24H20Cl2N2O2/c25-21-7-4-18(14-22(21)26)15-28(16-20-3-1-2-11-27-20)24(29)9-6-17-5-8-23-19(13-17)10-12-30-23/h1-9,11,13-14H,10,12,15-16H2. The molecule has 3 aromatic rings. The first-order chi connectivity index (χ1) is 14.6. The Morgan fingerprint density at radius 1 is 1.07 bits per heavy atom. The highest BCUT2D eigenvalue weighted by molar-refractivity contribution is 6.42. The Morgan fingerprint density at radius 2 is 1.97 bits per heavy atom. The third-order valence-corrected chi connectivity index (χ3v) is 5.62. The molecule has 4 rings (SSSR count). The Hall–Kier alpha value is -2.82. The number of hydrogen-bond acceptors (Lipinski definition) is 3. The maximum absolute atomic E-state index is 13.0. The highest BCUT2D eigenvalue weighted by atomic mass is 35.5. The lowest BCUT2D eigenvalue weighted by Gasteiger charge is -2.21. The summed E-state index contributed by atoms with van der Waals surface area (Å²) >= 11 is 12.2. The summed E-state index contributed by atoms with van der Waals surface area (Å²) in [7, 11) is 0. The molecule has 1 aliphatic heterocycles. The van der Waals surface area contributed by atoms with Crippen LogP contribution >= 0.6 is 23.2 Å². The van der Waals surface area contributed by atoms with E-state index in [1.54, 1.807) is 29.3 Å². The molecule has 4 nitrogen and oxygen atoms in total. The average Bonchev–Trinajstić information content (AvgIpc) is 3.23. The van der Waals surface area contributed by atoms with E-state index in [-0.39, 0.29) is 5.91 Å². The first kappa shape index (κ1) is 20.5. The van der Waals surface area contributed by atoms with E-state index >= 15 is 0 Å². The van der Waals surface area contributed by atoms with Crippen LogP contribution in [0.2, 0.25) is 10.0 Å². The Labute approximate surface area is 185 Å². The summed E-state index contributed by atoms with van der Waals surface area (Å²) in [6.45, 7) is 1.50. The maximum atomic E-state index is 13.0. The zero-order valence-corrected chi connectivity index (χ0v) is 17.7. The summed E-state index contributed by atoms with van der Waals surface area (Å²) in [5, 5.41) is 0.957. The molecule has 0 atom stereocenters. The lowest BCUT2D eigenvalue weighted by atomic mass is 10.1. The molecule has 2 heterocycles. The molecule has 0 N–H and O–H groups in total. The highest BCUT2D eigenvalue weighted by Gasteiger charge is 2.15. The van der Waals surface area contributed by atoms with Crippen LogP contribution in [0, 0.1) is 0 Å². The van der Waals surface area contributed by atoms with E-state index in [4.69, 9.17) is 27.9 Å². The van der Waals surface area contributed by atoms with Gasteiger partial charge in [-0.2, -0.15) is 0 Å². The fraction of sp³-hybridized carbons (Fsp3) is 0.167. The summed E-state index contributed by atoms with van der Waals surface area (Å²) < 4.78 is 5.54. The second-order valence-corrected chi connectivity index (χ2v) is 7.88. The zero-order valence-electron chi connectivity index (χ0n) is 16.2. The van der Waals surface area contributed by atoms with Gasteiger partial charge in [-0.1, -0.05) is 41.4 Å². The molecular weight excluding hydrogens is 419 g/mol. The molecule has 2 aromatic carbocycles. The summed E-state index contributed by atoms with van der Waals surface area (Å²) in [4.78, 5) is 19.1. The average molecular weight is 439 g/mol. The van der Waals surface area contributed by atoms with Crippen molar-refractivity contribution in [1.82, 2.24) is 9.88 Å². The third kappa shape index (κ3) is 5.02. The number of halogens is 2. The molecule has 30 heavy (non-hydrogen) atoms. The van der Waals surface area contributed by atoms with Gasteiger partial charge in [-0.3, -0.25) is 9.78 Å². The Balaban J connectivity index is 1.54. The van der Waals surface area contributed by atoms with E-state index < -0.39 is 0 Å². The predicted molar refractivity (Wildman–Crippen MR) is 120 cm³/mol. The minimum atomic E-state index is -0.108. The van der Waals surface area contributed by atoms with E-state index in [2.05, 4.69) is 11.1 Å². The first-order valence-corrected chi connectivity index (χ1v) is 10.4. The van der Waals surface area contributed by atoms with Crippen molar-refractivity contribution in [1.29, 1.82) is 0 Å². The summed E-state index contributed by atoms with van der Waals surface area (Å²) in [6, 6.07) is 17.0. The number of amides is 1. The van der Waals surface area contributed by atoms with Crippen LogP contribution in [0.15, 0.2) is 66.9 Å². The van der Waals surface area contributed by atoms with E-state index in [1.165, 1.54) is 5.56 Å². The van der Waals surface area contributed by atoms with Gasteiger partial charge in [0, 0.05) is 25.2 Å². The minimum Gasteiger partial charge on any atom is -0.493 e. The van der Waals surface area contributed by atoms with Crippen molar-refractivity contribution in [2.45, 2.75) is 19.5 Å². The minimum absolute atomic E-state index is 0.108. The molecule has 6 heteroatoms. The number of ether oxygens (including phenoxy) is 1. The number of aromatic nitrogens is 1. The van der Waals surface area contributed by atoms with Gasteiger partial charge in [-0.15, -0.1) is 0 Å². The number of pyridine rings is 1. The van der Waals surface area contributed by atoms with Crippen LogP contribution in [0.25, 0.3) is 6.08 Å². The normalized spacial score (nSPS) is 12.6. The van der Waals surface area contributed by atoms with Gasteiger partial charge in [0.1, 0.15) is 5.75 Å².